The van der Waals surface area contributed by atoms with Crippen molar-refractivity contribution in [3.63, 3.8) is 0 Å². The van der Waals surface area contributed by atoms with Gasteiger partial charge in [-0.05, 0) is 29.8 Å². The summed E-state index contributed by atoms with van der Waals surface area (Å²) in [4.78, 5) is 28.9. The second kappa shape index (κ2) is 9.47. The van der Waals surface area contributed by atoms with Crippen LogP contribution in [0.4, 0.5) is 5.13 Å². The largest absolute Gasteiger partial charge is 0.497 e. The van der Waals surface area contributed by atoms with E-state index in [0.29, 0.717) is 45.8 Å². The van der Waals surface area contributed by atoms with E-state index in [9.17, 15) is 9.59 Å². The van der Waals surface area contributed by atoms with Crippen LogP contribution in [-0.4, -0.2) is 23.9 Å². The van der Waals surface area contributed by atoms with E-state index in [-0.39, 0.29) is 11.7 Å². The van der Waals surface area contributed by atoms with Gasteiger partial charge in [-0.1, -0.05) is 30.3 Å². The third-order valence-corrected chi connectivity index (χ3v) is 6.07. The van der Waals surface area contributed by atoms with Gasteiger partial charge in [0.05, 0.1) is 13.7 Å². The van der Waals surface area contributed by atoms with Crippen molar-refractivity contribution in [2.24, 2.45) is 0 Å². The molecule has 0 aliphatic carbocycles. The third-order valence-electron chi connectivity index (χ3n) is 5.32. The topological polar surface area (TPSA) is 107 Å². The first-order chi connectivity index (χ1) is 17.0. The number of furan rings is 2. The van der Waals surface area contributed by atoms with E-state index in [0.717, 1.165) is 10.9 Å². The van der Waals surface area contributed by atoms with Gasteiger partial charge in [0.2, 0.25) is 11.7 Å². The summed E-state index contributed by atoms with van der Waals surface area (Å²) in [5, 5.41) is 8.53. The highest BCUT2D eigenvalue weighted by Gasteiger charge is 2.23. The minimum Gasteiger partial charge on any atom is -0.497 e. The number of rotatable bonds is 7. The quantitative estimate of drug-likeness (QED) is 0.304. The van der Waals surface area contributed by atoms with Gasteiger partial charge >= 0.3 is 0 Å². The summed E-state index contributed by atoms with van der Waals surface area (Å²) in [6, 6.07) is 18.6. The zero-order valence-electron chi connectivity index (χ0n) is 19.0. The lowest BCUT2D eigenvalue weighted by Crippen LogP contribution is -2.18. The number of thiazole rings is 1. The highest BCUT2D eigenvalue weighted by atomic mass is 32.1. The lowest BCUT2D eigenvalue weighted by molar-refractivity contribution is -0.119. The van der Waals surface area contributed by atoms with Crippen molar-refractivity contribution in [3.05, 3.63) is 77.6 Å². The van der Waals surface area contributed by atoms with E-state index in [1.165, 1.54) is 18.3 Å². The lowest BCUT2D eigenvalue weighted by atomic mass is 10.0. The number of nitrogens with one attached hydrogen (secondary N) is 2. The van der Waals surface area contributed by atoms with Crippen LogP contribution in [0, 0.1) is 0 Å². The molecule has 0 aliphatic heterocycles. The molecule has 176 valence electrons. The van der Waals surface area contributed by atoms with E-state index >= 15 is 0 Å². The van der Waals surface area contributed by atoms with Crippen LogP contribution in [0.2, 0.25) is 0 Å². The molecule has 8 nitrogen and oxygen atoms in total. The molecule has 0 fully saturated rings. The van der Waals surface area contributed by atoms with Crippen molar-refractivity contribution in [2.45, 2.75) is 13.5 Å². The summed E-state index contributed by atoms with van der Waals surface area (Å²) in [5.41, 5.74) is 2.70. The van der Waals surface area contributed by atoms with Gasteiger partial charge < -0.3 is 18.9 Å². The van der Waals surface area contributed by atoms with Crippen LogP contribution in [0.15, 0.2) is 74.9 Å². The number of methoxy groups -OCH3 is 1. The van der Waals surface area contributed by atoms with E-state index in [1.807, 2.05) is 42.5 Å². The van der Waals surface area contributed by atoms with Gasteiger partial charge in [0.25, 0.3) is 5.91 Å². The van der Waals surface area contributed by atoms with Crippen molar-refractivity contribution in [1.82, 2.24) is 10.3 Å². The lowest BCUT2D eigenvalue weighted by Gasteiger charge is -2.04. The highest BCUT2D eigenvalue weighted by Crippen LogP contribution is 2.37. The summed E-state index contributed by atoms with van der Waals surface area (Å²) in [5.74, 6) is 1.43. The summed E-state index contributed by atoms with van der Waals surface area (Å²) in [7, 11) is 1.58. The van der Waals surface area contributed by atoms with Crippen LogP contribution in [0.25, 0.3) is 33.6 Å². The summed E-state index contributed by atoms with van der Waals surface area (Å²) in [6.07, 6.45) is 0. The Morgan fingerprint density at radius 1 is 1.06 bits per heavy atom. The molecule has 2 aromatic carbocycles. The molecule has 2 N–H and O–H groups in total. The van der Waals surface area contributed by atoms with Crippen molar-refractivity contribution in [2.75, 3.05) is 12.4 Å². The van der Waals surface area contributed by atoms with Gasteiger partial charge in [0.1, 0.15) is 22.8 Å². The van der Waals surface area contributed by atoms with Gasteiger partial charge in [0.15, 0.2) is 10.9 Å². The van der Waals surface area contributed by atoms with Gasteiger partial charge in [-0.25, -0.2) is 4.98 Å². The van der Waals surface area contributed by atoms with Crippen LogP contribution in [-0.2, 0) is 11.3 Å². The number of fused-ring (bicyclic) bond motifs is 1. The molecular formula is C26H21N3O5S. The number of hydrogen-bond acceptors (Lipinski definition) is 7. The molecule has 5 rings (SSSR count). The zero-order chi connectivity index (χ0) is 24.4. The van der Waals surface area contributed by atoms with Crippen molar-refractivity contribution in [1.29, 1.82) is 0 Å². The molecule has 9 heteroatoms. The molecule has 2 amide bonds. The average molecular weight is 488 g/mol. The van der Waals surface area contributed by atoms with Crippen molar-refractivity contribution in [3.8, 4) is 28.3 Å². The molecule has 5 aromatic rings. The summed E-state index contributed by atoms with van der Waals surface area (Å²) in [6.45, 7) is 1.74. The first-order valence-corrected chi connectivity index (χ1v) is 11.7. The Kier molecular flexibility index (Phi) is 6.07. The third kappa shape index (κ3) is 4.67. The number of hydrogen-bond donors (Lipinski definition) is 2. The number of amides is 2. The number of carbonyl (C=O) groups excluding carboxylic acids is 2. The van der Waals surface area contributed by atoms with E-state index in [4.69, 9.17) is 13.6 Å². The molecule has 0 saturated carbocycles. The highest BCUT2D eigenvalue weighted by molar-refractivity contribution is 7.14. The van der Waals surface area contributed by atoms with Gasteiger partial charge in [0, 0.05) is 29.3 Å². The number of benzene rings is 2. The predicted molar refractivity (Wildman–Crippen MR) is 133 cm³/mol. The maximum absolute atomic E-state index is 13.3. The fourth-order valence-electron chi connectivity index (χ4n) is 3.68. The Morgan fingerprint density at radius 2 is 1.89 bits per heavy atom. The Labute approximate surface area is 204 Å². The molecule has 3 aromatic heterocycles. The SMILES string of the molecule is COc1ccc2c(-c3ccccc3)c(C(=O)Nc3nc(-c4ccc(CNC(C)=O)o4)cs3)oc2c1. The molecule has 0 spiro atoms. The monoisotopic (exact) mass is 487 g/mol. The van der Waals surface area contributed by atoms with E-state index in [1.54, 1.807) is 30.7 Å². The van der Waals surface area contributed by atoms with Crippen LogP contribution < -0.4 is 15.4 Å². The Hall–Kier alpha value is -4.37. The standard InChI is InChI=1S/C26H21N3O5S/c1-15(30)27-13-18-9-11-21(33-18)20-14-35-26(28-20)29-25(31)24-23(16-6-4-3-5-7-16)19-10-8-17(32-2)12-22(19)34-24/h3-12,14H,13H2,1-2H3,(H,27,30)(H,28,29,31). The van der Waals surface area contributed by atoms with Crippen LogP contribution >= 0.6 is 11.3 Å². The Bertz CT molecular complexity index is 1520. The first-order valence-electron chi connectivity index (χ1n) is 10.8. The van der Waals surface area contributed by atoms with Crippen molar-refractivity contribution < 1.29 is 23.2 Å². The van der Waals surface area contributed by atoms with Gasteiger partial charge in [-0.15, -0.1) is 11.3 Å². The van der Waals surface area contributed by atoms with Crippen molar-refractivity contribution >= 4 is 39.3 Å². The second-order valence-electron chi connectivity index (χ2n) is 7.70. The molecule has 0 unspecified atom stereocenters. The second-order valence-corrected chi connectivity index (χ2v) is 8.56. The number of nitrogens with zero attached hydrogens (tertiary/aromatic N) is 1. The normalized spacial score (nSPS) is 10.9. The maximum Gasteiger partial charge on any atom is 0.293 e. The van der Waals surface area contributed by atoms with E-state index < -0.39 is 5.91 Å². The number of anilines is 1. The molecule has 0 bridgehead atoms. The van der Waals surface area contributed by atoms with Crippen LogP contribution in [0.1, 0.15) is 23.2 Å². The van der Waals surface area contributed by atoms with E-state index in [2.05, 4.69) is 15.6 Å². The number of carbonyl (C=O) groups is 2. The smallest absolute Gasteiger partial charge is 0.293 e. The molecule has 35 heavy (non-hydrogen) atoms. The summed E-state index contributed by atoms with van der Waals surface area (Å²) < 4.78 is 17.1. The molecule has 0 atom stereocenters. The first kappa shape index (κ1) is 22.4. The Morgan fingerprint density at radius 3 is 2.66 bits per heavy atom. The molecule has 0 saturated heterocycles. The minimum atomic E-state index is -0.411. The zero-order valence-corrected chi connectivity index (χ0v) is 19.8. The molecule has 0 radical (unpaired) electrons. The average Bonchev–Trinajstić information content (AvgIpc) is 3.61. The number of aromatic nitrogens is 1. The summed E-state index contributed by atoms with van der Waals surface area (Å²) >= 11 is 1.28. The van der Waals surface area contributed by atoms with Crippen LogP contribution in [0.5, 0.6) is 5.75 Å². The maximum atomic E-state index is 13.3. The predicted octanol–water partition coefficient (Wildman–Crippen LogP) is 5.71. The van der Waals surface area contributed by atoms with Gasteiger partial charge in [-0.3, -0.25) is 14.9 Å². The molecule has 0 aliphatic rings. The van der Waals surface area contributed by atoms with Crippen LogP contribution in [0.3, 0.4) is 0 Å². The molecular weight excluding hydrogens is 466 g/mol. The van der Waals surface area contributed by atoms with Gasteiger partial charge in [-0.2, -0.15) is 0 Å². The fraction of sp³-hybridized carbons (Fsp3) is 0.115. The Balaban J connectivity index is 1.43. The minimum absolute atomic E-state index is 0.138. The fourth-order valence-corrected chi connectivity index (χ4v) is 4.37. The number of ether oxygens (including phenoxy) is 1. The molecule has 3 heterocycles.